The Labute approximate surface area is 69.0 Å². The Hall–Kier alpha value is -1.51. The van der Waals surface area contributed by atoms with E-state index in [1.165, 1.54) is 12.1 Å². The van der Waals surface area contributed by atoms with Gasteiger partial charge in [-0.1, -0.05) is 0 Å². The maximum atomic E-state index is 12.7. The van der Waals surface area contributed by atoms with E-state index in [2.05, 4.69) is 5.32 Å². The summed E-state index contributed by atoms with van der Waals surface area (Å²) in [6, 6.07) is 6.20. The number of benzene rings is 1. The maximum Gasteiger partial charge on any atom is 0.193 e. The van der Waals surface area contributed by atoms with Crippen molar-refractivity contribution in [2.45, 2.75) is 0 Å². The molecule has 0 unspecified atom stereocenters. The van der Waals surface area contributed by atoms with Crippen LogP contribution in [0.25, 0.3) is 11.0 Å². The van der Waals surface area contributed by atoms with Crippen LogP contribution in [0.2, 0.25) is 0 Å². The first kappa shape index (κ1) is 7.16. The van der Waals surface area contributed by atoms with Gasteiger partial charge in [-0.25, -0.2) is 4.39 Å². The zero-order valence-corrected chi connectivity index (χ0v) is 6.60. The minimum Gasteiger partial charge on any atom is -0.441 e. The summed E-state index contributed by atoms with van der Waals surface area (Å²) in [6.45, 7) is 0. The first-order valence-corrected chi connectivity index (χ1v) is 3.66. The van der Waals surface area contributed by atoms with Gasteiger partial charge in [-0.3, -0.25) is 0 Å². The number of hydrogen-bond donors (Lipinski definition) is 1. The molecule has 0 bridgehead atoms. The zero-order chi connectivity index (χ0) is 8.55. The molecule has 0 aliphatic carbocycles. The number of anilines is 1. The molecule has 2 nitrogen and oxygen atoms in total. The molecule has 0 atom stereocenters. The Morgan fingerprint density at radius 3 is 2.92 bits per heavy atom. The molecule has 0 saturated carbocycles. The standard InChI is InChI=1S/C9H8FNO/c1-11-9-5-6-4-7(10)2-3-8(6)12-9/h2-5,11H,1H3. The van der Waals surface area contributed by atoms with Crippen molar-refractivity contribution in [3.63, 3.8) is 0 Å². The molecule has 0 saturated heterocycles. The summed E-state index contributed by atoms with van der Waals surface area (Å²) >= 11 is 0. The Bertz CT molecular complexity index is 408. The van der Waals surface area contributed by atoms with E-state index < -0.39 is 0 Å². The molecule has 0 fully saturated rings. The van der Waals surface area contributed by atoms with Crippen LogP contribution in [0.15, 0.2) is 28.7 Å². The van der Waals surface area contributed by atoms with Gasteiger partial charge in [-0.05, 0) is 18.2 Å². The van der Waals surface area contributed by atoms with Gasteiger partial charge in [0.2, 0.25) is 0 Å². The van der Waals surface area contributed by atoms with Crippen LogP contribution in [0.5, 0.6) is 0 Å². The van der Waals surface area contributed by atoms with Gasteiger partial charge in [0.1, 0.15) is 11.4 Å². The highest BCUT2D eigenvalue weighted by Crippen LogP contribution is 2.22. The van der Waals surface area contributed by atoms with Crippen LogP contribution in [-0.2, 0) is 0 Å². The minimum atomic E-state index is -0.244. The van der Waals surface area contributed by atoms with Crippen molar-refractivity contribution in [2.75, 3.05) is 12.4 Å². The molecule has 0 aliphatic rings. The molecule has 2 aromatic rings. The van der Waals surface area contributed by atoms with E-state index in [-0.39, 0.29) is 5.82 Å². The van der Waals surface area contributed by atoms with Gasteiger partial charge in [0.15, 0.2) is 5.88 Å². The molecule has 0 aliphatic heterocycles. The summed E-state index contributed by atoms with van der Waals surface area (Å²) in [7, 11) is 1.76. The second-order valence-corrected chi connectivity index (χ2v) is 2.54. The zero-order valence-electron chi connectivity index (χ0n) is 6.60. The van der Waals surface area contributed by atoms with E-state index in [0.717, 1.165) is 5.39 Å². The van der Waals surface area contributed by atoms with E-state index >= 15 is 0 Å². The molecular formula is C9H8FNO. The van der Waals surface area contributed by atoms with Crippen molar-refractivity contribution in [1.29, 1.82) is 0 Å². The maximum absolute atomic E-state index is 12.7. The number of rotatable bonds is 1. The number of fused-ring (bicyclic) bond motifs is 1. The third-order valence-corrected chi connectivity index (χ3v) is 1.72. The van der Waals surface area contributed by atoms with Crippen molar-refractivity contribution < 1.29 is 8.81 Å². The fraction of sp³-hybridized carbons (Fsp3) is 0.111. The first-order valence-electron chi connectivity index (χ1n) is 3.66. The van der Waals surface area contributed by atoms with Crippen LogP contribution < -0.4 is 5.32 Å². The third kappa shape index (κ3) is 1.03. The lowest BCUT2D eigenvalue weighted by Crippen LogP contribution is -1.81. The topological polar surface area (TPSA) is 25.2 Å². The predicted octanol–water partition coefficient (Wildman–Crippen LogP) is 2.61. The number of halogens is 1. The highest BCUT2D eigenvalue weighted by molar-refractivity contribution is 5.80. The molecule has 1 aromatic carbocycles. The van der Waals surface area contributed by atoms with E-state index in [1.54, 1.807) is 19.2 Å². The van der Waals surface area contributed by atoms with Crippen molar-refractivity contribution in [1.82, 2.24) is 0 Å². The summed E-state index contributed by atoms with van der Waals surface area (Å²) in [4.78, 5) is 0. The van der Waals surface area contributed by atoms with E-state index in [9.17, 15) is 4.39 Å². The lowest BCUT2D eigenvalue weighted by Gasteiger charge is -1.88. The highest BCUT2D eigenvalue weighted by atomic mass is 19.1. The highest BCUT2D eigenvalue weighted by Gasteiger charge is 2.01. The molecule has 62 valence electrons. The Balaban J connectivity index is 2.67. The Morgan fingerprint density at radius 2 is 2.17 bits per heavy atom. The molecule has 0 radical (unpaired) electrons. The fourth-order valence-corrected chi connectivity index (χ4v) is 1.14. The SMILES string of the molecule is CNc1cc2cc(F)ccc2o1. The Kier molecular flexibility index (Phi) is 1.50. The van der Waals surface area contributed by atoms with Crippen molar-refractivity contribution >= 4 is 16.9 Å². The molecule has 3 heteroatoms. The largest absolute Gasteiger partial charge is 0.441 e. The van der Waals surface area contributed by atoms with Crippen molar-refractivity contribution in [2.24, 2.45) is 0 Å². The first-order chi connectivity index (χ1) is 5.79. The molecule has 0 amide bonds. The average Bonchev–Trinajstić information content (AvgIpc) is 2.46. The van der Waals surface area contributed by atoms with Gasteiger partial charge < -0.3 is 9.73 Å². The second-order valence-electron chi connectivity index (χ2n) is 2.54. The van der Waals surface area contributed by atoms with Crippen molar-refractivity contribution in [3.8, 4) is 0 Å². The summed E-state index contributed by atoms with van der Waals surface area (Å²) in [6.07, 6.45) is 0. The van der Waals surface area contributed by atoms with Gasteiger partial charge in [0.25, 0.3) is 0 Å². The molecule has 1 heterocycles. The number of hydrogen-bond acceptors (Lipinski definition) is 2. The second kappa shape index (κ2) is 2.52. The lowest BCUT2D eigenvalue weighted by molar-refractivity contribution is 0.619. The number of furan rings is 1. The molecule has 0 spiro atoms. The summed E-state index contributed by atoms with van der Waals surface area (Å²) in [5, 5.41) is 3.62. The molecule has 12 heavy (non-hydrogen) atoms. The number of nitrogens with one attached hydrogen (secondary N) is 1. The summed E-state index contributed by atoms with van der Waals surface area (Å²) in [5.41, 5.74) is 0.695. The minimum absolute atomic E-state index is 0.244. The predicted molar refractivity (Wildman–Crippen MR) is 45.7 cm³/mol. The quantitative estimate of drug-likeness (QED) is 0.702. The average molecular weight is 165 g/mol. The van der Waals surface area contributed by atoms with Crippen LogP contribution in [0.4, 0.5) is 10.3 Å². The normalized spacial score (nSPS) is 10.5. The third-order valence-electron chi connectivity index (χ3n) is 1.72. The Morgan fingerprint density at radius 1 is 1.33 bits per heavy atom. The lowest BCUT2D eigenvalue weighted by atomic mass is 10.2. The smallest absolute Gasteiger partial charge is 0.193 e. The monoisotopic (exact) mass is 165 g/mol. The van der Waals surface area contributed by atoms with Crippen LogP contribution in [-0.4, -0.2) is 7.05 Å². The molecule has 2 rings (SSSR count). The van der Waals surface area contributed by atoms with Crippen molar-refractivity contribution in [3.05, 3.63) is 30.1 Å². The van der Waals surface area contributed by atoms with Gasteiger partial charge in [0.05, 0.1) is 0 Å². The van der Waals surface area contributed by atoms with E-state index in [0.29, 0.717) is 11.5 Å². The summed E-state index contributed by atoms with van der Waals surface area (Å²) in [5.74, 6) is 0.404. The van der Waals surface area contributed by atoms with Gasteiger partial charge in [0, 0.05) is 18.5 Å². The van der Waals surface area contributed by atoms with Crippen LogP contribution in [0.3, 0.4) is 0 Å². The molecular weight excluding hydrogens is 157 g/mol. The van der Waals surface area contributed by atoms with Crippen LogP contribution in [0.1, 0.15) is 0 Å². The molecule has 1 N–H and O–H groups in total. The van der Waals surface area contributed by atoms with E-state index in [4.69, 9.17) is 4.42 Å². The molecule has 1 aromatic heterocycles. The van der Waals surface area contributed by atoms with Gasteiger partial charge >= 0.3 is 0 Å². The van der Waals surface area contributed by atoms with Gasteiger partial charge in [-0.15, -0.1) is 0 Å². The van der Waals surface area contributed by atoms with E-state index in [1.807, 2.05) is 0 Å². The summed E-state index contributed by atoms with van der Waals surface area (Å²) < 4.78 is 18.0. The van der Waals surface area contributed by atoms with Crippen LogP contribution >= 0.6 is 0 Å². The van der Waals surface area contributed by atoms with Gasteiger partial charge in [-0.2, -0.15) is 0 Å². The fourth-order valence-electron chi connectivity index (χ4n) is 1.14. The van der Waals surface area contributed by atoms with Crippen LogP contribution in [0, 0.1) is 5.82 Å².